The summed E-state index contributed by atoms with van der Waals surface area (Å²) in [5, 5.41) is 9.01. The molecule has 120 valence electrons. The van der Waals surface area contributed by atoms with Gasteiger partial charge in [-0.3, -0.25) is 4.79 Å². The van der Waals surface area contributed by atoms with E-state index in [0.717, 1.165) is 0 Å². The third kappa shape index (κ3) is 3.67. The van der Waals surface area contributed by atoms with Crippen LogP contribution in [-0.2, 0) is 9.53 Å². The summed E-state index contributed by atoms with van der Waals surface area (Å²) in [6.45, 7) is 6.04. The molecule has 0 spiro atoms. The molecule has 1 N–H and O–H groups in total. The minimum Gasteiger partial charge on any atom is -0.481 e. The van der Waals surface area contributed by atoms with E-state index in [2.05, 4.69) is 6.92 Å². The van der Waals surface area contributed by atoms with E-state index in [-0.39, 0.29) is 23.9 Å². The summed E-state index contributed by atoms with van der Waals surface area (Å²) in [6, 6.07) is 0.267. The molecule has 2 amide bonds. The molecule has 0 radical (unpaired) electrons. The number of carbonyl (C=O) groups excluding carboxylic acids is 1. The maximum absolute atomic E-state index is 12.6. The Bertz CT molecular complexity index is 391. The zero-order chi connectivity index (χ0) is 15.6. The Morgan fingerprint density at radius 3 is 2.38 bits per heavy atom. The average Bonchev–Trinajstić information content (AvgIpc) is 3.21. The van der Waals surface area contributed by atoms with Gasteiger partial charge in [0.15, 0.2) is 0 Å². The number of likely N-dealkylation sites (tertiary alicyclic amines) is 1. The van der Waals surface area contributed by atoms with Gasteiger partial charge < -0.3 is 19.6 Å². The fraction of sp³-hybridized carbons (Fsp3) is 0.867. The molecule has 21 heavy (non-hydrogen) atoms. The zero-order valence-corrected chi connectivity index (χ0v) is 13.1. The second kappa shape index (κ2) is 6.64. The van der Waals surface area contributed by atoms with Crippen LogP contribution in [0.25, 0.3) is 0 Å². The van der Waals surface area contributed by atoms with Gasteiger partial charge in [-0.2, -0.15) is 0 Å². The molecule has 1 saturated carbocycles. The Morgan fingerprint density at radius 1 is 1.29 bits per heavy atom. The van der Waals surface area contributed by atoms with Crippen molar-refractivity contribution in [2.75, 3.05) is 33.4 Å². The topological polar surface area (TPSA) is 70.1 Å². The average molecular weight is 298 g/mol. The number of methoxy groups -OCH3 is 1. The largest absolute Gasteiger partial charge is 0.481 e. The van der Waals surface area contributed by atoms with Gasteiger partial charge in [-0.05, 0) is 25.7 Å². The van der Waals surface area contributed by atoms with Crippen molar-refractivity contribution in [2.45, 2.75) is 32.7 Å². The van der Waals surface area contributed by atoms with E-state index in [0.29, 0.717) is 32.2 Å². The molecule has 6 nitrogen and oxygen atoms in total. The highest BCUT2D eigenvalue weighted by Gasteiger charge is 2.41. The molecule has 0 aromatic heterocycles. The minimum atomic E-state index is -0.783. The molecule has 0 aromatic rings. The minimum absolute atomic E-state index is 0.0280. The summed E-state index contributed by atoms with van der Waals surface area (Å²) in [5.74, 6) is -0.482. The molecule has 2 unspecified atom stereocenters. The predicted octanol–water partition coefficient (Wildman–Crippen LogP) is 1.51. The molecular formula is C15H26N2O4. The van der Waals surface area contributed by atoms with Crippen LogP contribution in [0.2, 0.25) is 0 Å². The summed E-state index contributed by atoms with van der Waals surface area (Å²) in [4.78, 5) is 27.2. The molecule has 2 atom stereocenters. The normalized spacial score (nSPS) is 21.6. The maximum Gasteiger partial charge on any atom is 0.320 e. The van der Waals surface area contributed by atoms with Crippen LogP contribution >= 0.6 is 0 Å². The van der Waals surface area contributed by atoms with Crippen LogP contribution in [0.4, 0.5) is 4.79 Å². The van der Waals surface area contributed by atoms with E-state index in [1.807, 2.05) is 4.90 Å². The molecule has 1 aliphatic carbocycles. The second-order valence-electron chi connectivity index (χ2n) is 6.34. The lowest BCUT2D eigenvalue weighted by Crippen LogP contribution is -2.59. The highest BCUT2D eigenvalue weighted by atomic mass is 16.5. The Labute approximate surface area is 126 Å². The van der Waals surface area contributed by atoms with Gasteiger partial charge in [0.2, 0.25) is 0 Å². The molecule has 6 heteroatoms. The molecule has 1 heterocycles. The van der Waals surface area contributed by atoms with E-state index in [9.17, 15) is 9.59 Å². The fourth-order valence-corrected chi connectivity index (χ4v) is 2.86. The summed E-state index contributed by atoms with van der Waals surface area (Å²) in [7, 11) is 1.64. The molecule has 2 aliphatic rings. The van der Waals surface area contributed by atoms with Crippen LogP contribution in [0.5, 0.6) is 0 Å². The number of carbonyl (C=O) groups is 2. The van der Waals surface area contributed by atoms with E-state index < -0.39 is 5.97 Å². The van der Waals surface area contributed by atoms with Gasteiger partial charge in [0, 0.05) is 38.7 Å². The summed E-state index contributed by atoms with van der Waals surface area (Å²) in [5.41, 5.74) is 0. The number of amides is 2. The Kier molecular flexibility index (Phi) is 5.08. The van der Waals surface area contributed by atoms with Crippen LogP contribution in [-0.4, -0.2) is 66.3 Å². The SMILES string of the molecule is COCCN(C(=O)N1CC(C(C)C(=O)O)C1)C(C)C1CC1. The molecular weight excluding hydrogens is 272 g/mol. The Morgan fingerprint density at radius 2 is 1.90 bits per heavy atom. The number of carboxylic acid groups (broad SMARTS) is 1. The lowest BCUT2D eigenvalue weighted by Gasteiger charge is -2.44. The van der Waals surface area contributed by atoms with E-state index >= 15 is 0 Å². The Hall–Kier alpha value is -1.30. The quantitative estimate of drug-likeness (QED) is 0.773. The molecule has 1 aliphatic heterocycles. The van der Waals surface area contributed by atoms with Crippen LogP contribution in [0.3, 0.4) is 0 Å². The maximum atomic E-state index is 12.6. The van der Waals surface area contributed by atoms with Crippen molar-refractivity contribution in [1.29, 1.82) is 0 Å². The lowest BCUT2D eigenvalue weighted by atomic mass is 9.87. The summed E-state index contributed by atoms with van der Waals surface area (Å²) < 4.78 is 5.10. The molecule has 0 bridgehead atoms. The van der Waals surface area contributed by atoms with Crippen molar-refractivity contribution in [1.82, 2.24) is 9.80 Å². The molecule has 1 saturated heterocycles. The van der Waals surface area contributed by atoms with Crippen LogP contribution in [0.15, 0.2) is 0 Å². The summed E-state index contributed by atoms with van der Waals surface area (Å²) >= 11 is 0. The highest BCUT2D eigenvalue weighted by Crippen LogP contribution is 2.36. The number of ether oxygens (including phenoxy) is 1. The van der Waals surface area contributed by atoms with Crippen molar-refractivity contribution < 1.29 is 19.4 Å². The third-order valence-electron chi connectivity index (χ3n) is 4.85. The predicted molar refractivity (Wildman–Crippen MR) is 78.0 cm³/mol. The van der Waals surface area contributed by atoms with Gasteiger partial charge in [-0.15, -0.1) is 0 Å². The number of urea groups is 1. The Balaban J connectivity index is 1.88. The van der Waals surface area contributed by atoms with Gasteiger partial charge in [-0.1, -0.05) is 6.92 Å². The number of nitrogens with zero attached hydrogens (tertiary/aromatic N) is 2. The smallest absolute Gasteiger partial charge is 0.320 e. The first-order chi connectivity index (χ1) is 9.95. The van der Waals surface area contributed by atoms with Gasteiger partial charge in [-0.25, -0.2) is 4.79 Å². The molecule has 2 rings (SSSR count). The standard InChI is InChI=1S/C15H26N2O4/c1-10(14(18)19)13-8-16(9-13)15(20)17(6-7-21-3)11(2)12-4-5-12/h10-13H,4-9H2,1-3H3,(H,18,19). The first kappa shape index (κ1) is 16.1. The first-order valence-corrected chi connectivity index (χ1v) is 7.73. The van der Waals surface area contributed by atoms with E-state index in [4.69, 9.17) is 9.84 Å². The first-order valence-electron chi connectivity index (χ1n) is 7.73. The van der Waals surface area contributed by atoms with Crippen molar-refractivity contribution in [3.8, 4) is 0 Å². The van der Waals surface area contributed by atoms with Crippen LogP contribution in [0.1, 0.15) is 26.7 Å². The van der Waals surface area contributed by atoms with Gasteiger partial charge in [0.05, 0.1) is 12.5 Å². The van der Waals surface area contributed by atoms with E-state index in [1.54, 1.807) is 18.9 Å². The number of carboxylic acids is 1. The van der Waals surface area contributed by atoms with Crippen LogP contribution in [0, 0.1) is 17.8 Å². The van der Waals surface area contributed by atoms with Gasteiger partial charge >= 0.3 is 12.0 Å². The second-order valence-corrected chi connectivity index (χ2v) is 6.34. The van der Waals surface area contributed by atoms with Crippen molar-refractivity contribution >= 4 is 12.0 Å². The van der Waals surface area contributed by atoms with Crippen molar-refractivity contribution in [2.24, 2.45) is 17.8 Å². The fourth-order valence-electron chi connectivity index (χ4n) is 2.86. The summed E-state index contributed by atoms with van der Waals surface area (Å²) in [6.07, 6.45) is 2.38. The van der Waals surface area contributed by atoms with Gasteiger partial charge in [0.25, 0.3) is 0 Å². The highest BCUT2D eigenvalue weighted by molar-refractivity contribution is 5.76. The number of hydrogen-bond donors (Lipinski definition) is 1. The number of hydrogen-bond acceptors (Lipinski definition) is 3. The van der Waals surface area contributed by atoms with Crippen molar-refractivity contribution in [3.63, 3.8) is 0 Å². The number of rotatable bonds is 7. The van der Waals surface area contributed by atoms with E-state index in [1.165, 1.54) is 12.8 Å². The lowest BCUT2D eigenvalue weighted by molar-refractivity contribution is -0.145. The van der Waals surface area contributed by atoms with Gasteiger partial charge in [0.1, 0.15) is 0 Å². The third-order valence-corrected chi connectivity index (χ3v) is 4.85. The monoisotopic (exact) mass is 298 g/mol. The van der Waals surface area contributed by atoms with Crippen molar-refractivity contribution in [3.05, 3.63) is 0 Å². The molecule has 2 fully saturated rings. The van der Waals surface area contributed by atoms with Crippen LogP contribution < -0.4 is 0 Å². The molecule has 0 aromatic carbocycles. The zero-order valence-electron chi connectivity index (χ0n) is 13.1. The number of aliphatic carboxylic acids is 1.